The van der Waals surface area contributed by atoms with Crippen LogP contribution in [0.25, 0.3) is 0 Å². The van der Waals surface area contributed by atoms with Gasteiger partial charge in [-0.15, -0.1) is 0 Å². The first kappa shape index (κ1) is 89.1. The number of phosphoric ester groups is 2. The molecule has 0 aliphatic heterocycles. The molecule has 0 bridgehead atoms. The average Bonchev–Trinajstić information content (AvgIpc) is 2.37. The third kappa shape index (κ3) is 63.9. The topological polar surface area (TPSA) is 237 Å². The van der Waals surface area contributed by atoms with E-state index in [-0.39, 0.29) is 25.7 Å². The third-order valence-electron chi connectivity index (χ3n) is 17.3. The van der Waals surface area contributed by atoms with Crippen molar-refractivity contribution >= 4 is 39.5 Å². The maximum absolute atomic E-state index is 13.0. The van der Waals surface area contributed by atoms with E-state index in [1.165, 1.54) is 161 Å². The molecule has 17 nitrogen and oxygen atoms in total. The second-order valence-corrected chi connectivity index (χ2v) is 30.3. The van der Waals surface area contributed by atoms with Gasteiger partial charge in [-0.2, -0.15) is 0 Å². The van der Waals surface area contributed by atoms with Crippen molar-refractivity contribution < 1.29 is 80.2 Å². The lowest BCUT2D eigenvalue weighted by atomic mass is 9.99. The van der Waals surface area contributed by atoms with Gasteiger partial charge in [0.2, 0.25) is 0 Å². The number of carbonyl (C=O) groups is 4. The molecule has 19 heteroatoms. The van der Waals surface area contributed by atoms with Crippen LogP contribution < -0.4 is 0 Å². The summed E-state index contributed by atoms with van der Waals surface area (Å²) in [4.78, 5) is 72.6. The van der Waals surface area contributed by atoms with Crippen molar-refractivity contribution in [3.8, 4) is 0 Å². The molecular weight excluding hydrogens is 1200 g/mol. The van der Waals surface area contributed by atoms with E-state index in [4.69, 9.17) is 37.0 Å². The van der Waals surface area contributed by atoms with Gasteiger partial charge in [-0.05, 0) is 49.4 Å². The molecule has 7 atom stereocenters. The van der Waals surface area contributed by atoms with Crippen molar-refractivity contribution in [3.05, 3.63) is 0 Å². The number of aliphatic hydroxyl groups excluding tert-OH is 1. The summed E-state index contributed by atoms with van der Waals surface area (Å²) in [7, 11) is -9.91. The van der Waals surface area contributed by atoms with E-state index in [2.05, 4.69) is 55.4 Å². The molecule has 0 fully saturated rings. The Balaban J connectivity index is 5.26. The Bertz CT molecular complexity index is 1800. The SMILES string of the molecule is CCC(C)CCCCCCCCCCC(=O)O[C@H](COC(=O)CCCCCCCCCCCCCCCC(C)C)COP(=O)(O)OCC(O)COP(=O)(O)OC[C@@H](COC(=O)CCCCCCCCCCC(C)C)OC(=O)CCCCCCCCCCC(C)CC. The van der Waals surface area contributed by atoms with Crippen molar-refractivity contribution in [2.24, 2.45) is 23.7 Å². The fraction of sp³-hybridized carbons (Fsp3) is 0.944. The number of esters is 4. The van der Waals surface area contributed by atoms with Crippen molar-refractivity contribution in [2.75, 3.05) is 39.6 Å². The van der Waals surface area contributed by atoms with Gasteiger partial charge >= 0.3 is 39.5 Å². The maximum Gasteiger partial charge on any atom is 0.472 e. The highest BCUT2D eigenvalue weighted by Crippen LogP contribution is 2.45. The zero-order chi connectivity index (χ0) is 67.5. The number of carbonyl (C=O) groups excluding carboxylic acids is 4. The summed E-state index contributed by atoms with van der Waals surface area (Å²) >= 11 is 0. The molecule has 91 heavy (non-hydrogen) atoms. The Kier molecular flexibility index (Phi) is 60.3. The molecule has 5 unspecified atom stereocenters. The summed E-state index contributed by atoms with van der Waals surface area (Å²) in [5, 5.41) is 10.6. The lowest BCUT2D eigenvalue weighted by Gasteiger charge is -2.21. The molecule has 0 radical (unpaired) electrons. The zero-order valence-electron chi connectivity index (χ0n) is 59.5. The van der Waals surface area contributed by atoms with Gasteiger partial charge in [0.15, 0.2) is 12.2 Å². The Morgan fingerprint density at radius 3 is 0.780 bits per heavy atom. The molecule has 540 valence electrons. The first-order valence-electron chi connectivity index (χ1n) is 37.3. The second kappa shape index (κ2) is 61.6. The van der Waals surface area contributed by atoms with Gasteiger partial charge in [0.1, 0.15) is 19.3 Å². The van der Waals surface area contributed by atoms with Gasteiger partial charge in [0.25, 0.3) is 0 Å². The number of ether oxygens (including phenoxy) is 4. The van der Waals surface area contributed by atoms with Crippen LogP contribution in [-0.2, 0) is 65.4 Å². The summed E-state index contributed by atoms with van der Waals surface area (Å²) in [6.45, 7) is 14.1. The zero-order valence-corrected chi connectivity index (χ0v) is 61.3. The minimum Gasteiger partial charge on any atom is -0.462 e. The molecule has 0 aliphatic carbocycles. The summed E-state index contributed by atoms with van der Waals surface area (Å²) in [6, 6.07) is 0. The van der Waals surface area contributed by atoms with Crippen LogP contribution in [0, 0.1) is 23.7 Å². The predicted molar refractivity (Wildman–Crippen MR) is 367 cm³/mol. The Hall–Kier alpha value is -1.94. The van der Waals surface area contributed by atoms with E-state index in [1.54, 1.807) is 0 Å². The molecule has 0 amide bonds. The quantitative estimate of drug-likeness (QED) is 0.0222. The molecule has 0 aromatic carbocycles. The molecule has 0 saturated heterocycles. The van der Waals surface area contributed by atoms with Crippen LogP contribution >= 0.6 is 15.6 Å². The Labute approximate surface area is 556 Å². The van der Waals surface area contributed by atoms with Crippen molar-refractivity contribution in [1.29, 1.82) is 0 Å². The molecule has 0 aromatic rings. The summed E-state index contributed by atoms with van der Waals surface area (Å²) in [5.74, 6) is 0.928. The highest BCUT2D eigenvalue weighted by Gasteiger charge is 2.30. The van der Waals surface area contributed by atoms with E-state index in [1.807, 2.05) is 0 Å². The fourth-order valence-corrected chi connectivity index (χ4v) is 12.4. The number of unbranched alkanes of at least 4 members (excludes halogenated alkanes) is 33. The van der Waals surface area contributed by atoms with E-state index < -0.39 is 97.5 Å². The Morgan fingerprint density at radius 2 is 0.527 bits per heavy atom. The second-order valence-electron chi connectivity index (χ2n) is 27.4. The normalized spacial score (nSPS) is 14.8. The molecule has 3 N–H and O–H groups in total. The monoisotopic (exact) mass is 1340 g/mol. The molecule has 0 spiro atoms. The van der Waals surface area contributed by atoms with Crippen LogP contribution in [0.2, 0.25) is 0 Å². The molecule has 0 saturated carbocycles. The minimum absolute atomic E-state index is 0.104. The molecule has 0 aliphatic rings. The molecule has 0 rings (SSSR count). The van der Waals surface area contributed by atoms with Crippen LogP contribution in [0.5, 0.6) is 0 Å². The summed E-state index contributed by atoms with van der Waals surface area (Å²) in [5.41, 5.74) is 0. The summed E-state index contributed by atoms with van der Waals surface area (Å²) in [6.07, 6.45) is 44.3. The average molecular weight is 1340 g/mol. The van der Waals surface area contributed by atoms with Gasteiger partial charge in [0.05, 0.1) is 26.4 Å². The summed E-state index contributed by atoms with van der Waals surface area (Å²) < 4.78 is 68.4. The van der Waals surface area contributed by atoms with Crippen molar-refractivity contribution in [1.82, 2.24) is 0 Å². The van der Waals surface area contributed by atoms with Crippen LogP contribution in [0.1, 0.15) is 357 Å². The number of aliphatic hydroxyl groups is 1. The third-order valence-corrected chi connectivity index (χ3v) is 19.2. The molecule has 0 aromatic heterocycles. The predicted octanol–water partition coefficient (Wildman–Crippen LogP) is 20.5. The van der Waals surface area contributed by atoms with Crippen LogP contribution in [-0.4, -0.2) is 96.7 Å². The standard InChI is InChI=1S/C72H140O17P2/c1-9-64(7)50-42-34-26-19-22-30-38-46-54-71(76)88-67(58-82-69(74)52-44-36-28-17-15-13-11-12-14-16-24-32-40-48-62(3)4)60-86-90(78,79)84-56-66(73)57-85-91(80,81)87-61-68(59-83-70(75)53-45-37-29-21-18-25-33-41-49-63(5)6)89-72(77)55-47-39-31-23-20-27-35-43-51-65(8)10-2/h62-68,73H,9-61H2,1-8H3,(H,78,79)(H,80,81)/t64?,65?,66?,67-,68-/m1/s1. The first-order chi connectivity index (χ1) is 43.7. The number of phosphoric acid groups is 2. The largest absolute Gasteiger partial charge is 0.472 e. The highest BCUT2D eigenvalue weighted by molar-refractivity contribution is 7.47. The molecule has 0 heterocycles. The van der Waals surface area contributed by atoms with E-state index in [0.717, 1.165) is 114 Å². The minimum atomic E-state index is -4.95. The lowest BCUT2D eigenvalue weighted by Crippen LogP contribution is -2.30. The lowest BCUT2D eigenvalue weighted by molar-refractivity contribution is -0.161. The number of hydrogen-bond donors (Lipinski definition) is 3. The van der Waals surface area contributed by atoms with Gasteiger partial charge in [0, 0.05) is 25.7 Å². The fourth-order valence-electron chi connectivity index (χ4n) is 10.8. The van der Waals surface area contributed by atoms with E-state index in [9.17, 15) is 43.2 Å². The van der Waals surface area contributed by atoms with Gasteiger partial charge in [-0.25, -0.2) is 9.13 Å². The maximum atomic E-state index is 13.0. The van der Waals surface area contributed by atoms with Crippen LogP contribution in [0.15, 0.2) is 0 Å². The van der Waals surface area contributed by atoms with Crippen LogP contribution in [0.4, 0.5) is 0 Å². The smallest absolute Gasteiger partial charge is 0.462 e. The van der Waals surface area contributed by atoms with Gasteiger partial charge in [-0.1, -0.05) is 306 Å². The first-order valence-corrected chi connectivity index (χ1v) is 40.3. The van der Waals surface area contributed by atoms with Gasteiger partial charge in [-0.3, -0.25) is 37.3 Å². The number of rotatable bonds is 69. The van der Waals surface area contributed by atoms with E-state index in [0.29, 0.717) is 25.7 Å². The molecular formula is C72H140O17P2. The van der Waals surface area contributed by atoms with Crippen LogP contribution in [0.3, 0.4) is 0 Å². The Morgan fingerprint density at radius 1 is 0.308 bits per heavy atom. The van der Waals surface area contributed by atoms with E-state index >= 15 is 0 Å². The van der Waals surface area contributed by atoms with Crippen molar-refractivity contribution in [2.45, 2.75) is 375 Å². The number of hydrogen-bond acceptors (Lipinski definition) is 15. The highest BCUT2D eigenvalue weighted by atomic mass is 31.2. The van der Waals surface area contributed by atoms with Gasteiger partial charge < -0.3 is 33.8 Å². The van der Waals surface area contributed by atoms with Crippen molar-refractivity contribution in [3.63, 3.8) is 0 Å².